The number of hydrogen-bond acceptors (Lipinski definition) is 4. The van der Waals surface area contributed by atoms with Gasteiger partial charge in [-0.3, -0.25) is 9.59 Å². The Balaban J connectivity index is 1.42. The Kier molecular flexibility index (Phi) is 5.29. The summed E-state index contributed by atoms with van der Waals surface area (Å²) in [4.78, 5) is 24.7. The summed E-state index contributed by atoms with van der Waals surface area (Å²) in [6.07, 6.45) is 0.747. The monoisotopic (exact) mass is 387 g/mol. The van der Waals surface area contributed by atoms with Gasteiger partial charge in [-0.1, -0.05) is 60.7 Å². The lowest BCUT2D eigenvalue weighted by atomic mass is 10.0. The summed E-state index contributed by atoms with van der Waals surface area (Å²) in [6, 6.07) is 21.4. The van der Waals surface area contributed by atoms with E-state index in [1.165, 1.54) is 0 Å². The molecule has 0 aliphatic heterocycles. The maximum atomic E-state index is 12.4. The highest BCUT2D eigenvalue weighted by Crippen LogP contribution is 2.30. The average Bonchev–Trinajstić information content (AvgIpc) is 3.15. The predicted octanol–water partition coefficient (Wildman–Crippen LogP) is 4.38. The minimum absolute atomic E-state index is 0.0390. The van der Waals surface area contributed by atoms with Crippen LogP contribution in [0.5, 0.6) is 0 Å². The van der Waals surface area contributed by atoms with Gasteiger partial charge in [-0.05, 0) is 29.3 Å². The van der Waals surface area contributed by atoms with Crippen LogP contribution in [-0.4, -0.2) is 18.0 Å². The van der Waals surface area contributed by atoms with Gasteiger partial charge in [0.05, 0.1) is 12.7 Å². The number of esters is 1. The Morgan fingerprint density at radius 1 is 1.00 bits per heavy atom. The van der Waals surface area contributed by atoms with Gasteiger partial charge in [-0.15, -0.1) is 0 Å². The molecule has 4 aromatic rings. The van der Waals surface area contributed by atoms with Crippen LogP contribution in [0.15, 0.2) is 77.4 Å². The fourth-order valence-electron chi connectivity index (χ4n) is 3.38. The third-order valence-corrected chi connectivity index (χ3v) is 4.86. The van der Waals surface area contributed by atoms with Crippen molar-refractivity contribution in [2.24, 2.45) is 0 Å². The number of fused-ring (bicyclic) bond motifs is 3. The number of amides is 1. The van der Waals surface area contributed by atoms with E-state index >= 15 is 0 Å². The Morgan fingerprint density at radius 3 is 2.59 bits per heavy atom. The smallest absolute Gasteiger partial charge is 0.311 e. The third kappa shape index (κ3) is 4.14. The molecule has 1 heterocycles. The van der Waals surface area contributed by atoms with E-state index in [2.05, 4.69) is 5.32 Å². The highest BCUT2D eigenvalue weighted by molar-refractivity contribution is 6.08. The Labute approximate surface area is 168 Å². The fraction of sp³-hybridized carbons (Fsp3) is 0.167. The standard InChI is InChI=1S/C24H21NO4/c1-16(24(27)25-14-17-7-3-2-4-8-17)29-22(26)13-19-15-28-21-12-11-18-9-5-6-10-20(18)23(19)21/h2-12,15-16H,13-14H2,1H3,(H,25,27)/t16-/m1/s1. The molecule has 29 heavy (non-hydrogen) atoms. The Morgan fingerprint density at radius 2 is 1.76 bits per heavy atom. The lowest BCUT2D eigenvalue weighted by Crippen LogP contribution is -2.35. The molecule has 0 bridgehead atoms. The summed E-state index contributed by atoms with van der Waals surface area (Å²) in [5, 5.41) is 5.78. The number of furan rings is 1. The second-order valence-corrected chi connectivity index (χ2v) is 6.93. The number of rotatable bonds is 6. The van der Waals surface area contributed by atoms with Crippen LogP contribution in [-0.2, 0) is 27.3 Å². The summed E-state index contributed by atoms with van der Waals surface area (Å²) >= 11 is 0. The van der Waals surface area contributed by atoms with E-state index in [0.29, 0.717) is 6.54 Å². The zero-order valence-electron chi connectivity index (χ0n) is 16.1. The molecule has 5 nitrogen and oxygen atoms in total. The first-order valence-electron chi connectivity index (χ1n) is 9.51. The minimum atomic E-state index is -0.874. The summed E-state index contributed by atoms with van der Waals surface area (Å²) in [5.41, 5.74) is 2.45. The van der Waals surface area contributed by atoms with Crippen molar-refractivity contribution in [3.63, 3.8) is 0 Å². The lowest BCUT2D eigenvalue weighted by molar-refractivity contribution is -0.154. The molecule has 0 aliphatic carbocycles. The highest BCUT2D eigenvalue weighted by Gasteiger charge is 2.20. The van der Waals surface area contributed by atoms with Crippen LogP contribution < -0.4 is 5.32 Å². The van der Waals surface area contributed by atoms with Crippen molar-refractivity contribution in [1.29, 1.82) is 0 Å². The van der Waals surface area contributed by atoms with Gasteiger partial charge in [-0.25, -0.2) is 0 Å². The van der Waals surface area contributed by atoms with E-state index in [4.69, 9.17) is 9.15 Å². The molecule has 0 aliphatic rings. The largest absolute Gasteiger partial charge is 0.464 e. The third-order valence-electron chi connectivity index (χ3n) is 4.86. The maximum absolute atomic E-state index is 12.4. The molecule has 4 rings (SSSR count). The molecule has 0 saturated heterocycles. The molecule has 1 N–H and O–H groups in total. The summed E-state index contributed by atoms with van der Waals surface area (Å²) < 4.78 is 11.0. The van der Waals surface area contributed by atoms with Crippen LogP contribution in [0.25, 0.3) is 21.7 Å². The lowest BCUT2D eigenvalue weighted by Gasteiger charge is -2.13. The second-order valence-electron chi connectivity index (χ2n) is 6.93. The summed E-state index contributed by atoms with van der Waals surface area (Å²) in [5.74, 6) is -0.798. The average molecular weight is 387 g/mol. The van der Waals surface area contributed by atoms with Crippen molar-refractivity contribution in [3.8, 4) is 0 Å². The zero-order valence-corrected chi connectivity index (χ0v) is 16.1. The number of ether oxygens (including phenoxy) is 1. The van der Waals surface area contributed by atoms with Crippen molar-refractivity contribution >= 4 is 33.6 Å². The molecule has 0 unspecified atom stereocenters. The van der Waals surface area contributed by atoms with Crippen LogP contribution in [0.4, 0.5) is 0 Å². The number of nitrogens with one attached hydrogen (secondary N) is 1. The molecule has 1 atom stereocenters. The fourth-order valence-corrected chi connectivity index (χ4v) is 3.38. The highest BCUT2D eigenvalue weighted by atomic mass is 16.5. The molecule has 0 radical (unpaired) electrons. The maximum Gasteiger partial charge on any atom is 0.311 e. The van der Waals surface area contributed by atoms with Gasteiger partial charge in [0, 0.05) is 17.5 Å². The molecule has 146 valence electrons. The molecule has 0 spiro atoms. The molecule has 0 fully saturated rings. The van der Waals surface area contributed by atoms with E-state index < -0.39 is 12.1 Å². The van der Waals surface area contributed by atoms with E-state index in [0.717, 1.165) is 32.9 Å². The zero-order chi connectivity index (χ0) is 20.2. The van der Waals surface area contributed by atoms with Crippen molar-refractivity contribution in [2.75, 3.05) is 0 Å². The molecule has 1 aromatic heterocycles. The van der Waals surface area contributed by atoms with Gasteiger partial charge in [-0.2, -0.15) is 0 Å². The van der Waals surface area contributed by atoms with Gasteiger partial charge in [0.25, 0.3) is 5.91 Å². The minimum Gasteiger partial charge on any atom is -0.464 e. The SMILES string of the molecule is C[C@@H](OC(=O)Cc1coc2ccc3ccccc3c12)C(=O)NCc1ccccc1. The Hall–Kier alpha value is -3.60. The van der Waals surface area contributed by atoms with Crippen molar-refractivity contribution in [1.82, 2.24) is 5.32 Å². The Bertz CT molecular complexity index is 1160. The van der Waals surface area contributed by atoms with E-state index in [9.17, 15) is 9.59 Å². The van der Waals surface area contributed by atoms with Crippen LogP contribution in [0.1, 0.15) is 18.1 Å². The number of carbonyl (C=O) groups is 2. The van der Waals surface area contributed by atoms with Crippen molar-refractivity contribution in [3.05, 3.63) is 84.1 Å². The number of benzene rings is 3. The van der Waals surface area contributed by atoms with Gasteiger partial charge in [0.1, 0.15) is 5.58 Å². The van der Waals surface area contributed by atoms with E-state index in [1.54, 1.807) is 13.2 Å². The van der Waals surface area contributed by atoms with Crippen LogP contribution in [0.2, 0.25) is 0 Å². The van der Waals surface area contributed by atoms with E-state index in [1.807, 2.05) is 66.7 Å². The molecule has 1 amide bonds. The second kappa shape index (κ2) is 8.19. The van der Waals surface area contributed by atoms with Crippen LogP contribution in [0, 0.1) is 0 Å². The van der Waals surface area contributed by atoms with Gasteiger partial charge >= 0.3 is 5.97 Å². The van der Waals surface area contributed by atoms with Crippen molar-refractivity contribution < 1.29 is 18.7 Å². The molecular weight excluding hydrogens is 366 g/mol. The molecule has 0 saturated carbocycles. The first kappa shape index (κ1) is 18.7. The summed E-state index contributed by atoms with van der Waals surface area (Å²) in [6.45, 7) is 1.96. The number of carbonyl (C=O) groups excluding carboxylic acids is 2. The molecular formula is C24H21NO4. The van der Waals surface area contributed by atoms with Crippen LogP contribution >= 0.6 is 0 Å². The first-order valence-corrected chi connectivity index (χ1v) is 9.51. The van der Waals surface area contributed by atoms with Crippen LogP contribution in [0.3, 0.4) is 0 Å². The normalized spacial score (nSPS) is 12.0. The topological polar surface area (TPSA) is 68.5 Å². The van der Waals surface area contributed by atoms with Gasteiger partial charge in [0.15, 0.2) is 6.10 Å². The molecule has 3 aromatic carbocycles. The van der Waals surface area contributed by atoms with E-state index in [-0.39, 0.29) is 12.3 Å². The van der Waals surface area contributed by atoms with Crippen molar-refractivity contribution in [2.45, 2.75) is 26.0 Å². The van der Waals surface area contributed by atoms with Gasteiger partial charge in [0.2, 0.25) is 0 Å². The number of hydrogen-bond donors (Lipinski definition) is 1. The predicted molar refractivity (Wildman–Crippen MR) is 111 cm³/mol. The molecule has 5 heteroatoms. The first-order chi connectivity index (χ1) is 14.1. The quantitative estimate of drug-likeness (QED) is 0.499. The summed E-state index contributed by atoms with van der Waals surface area (Å²) in [7, 11) is 0. The van der Waals surface area contributed by atoms with Gasteiger partial charge < -0.3 is 14.5 Å².